The van der Waals surface area contributed by atoms with E-state index in [4.69, 9.17) is 4.74 Å². The quantitative estimate of drug-likeness (QED) is 0.877. The van der Waals surface area contributed by atoms with Crippen LogP contribution in [-0.4, -0.2) is 35.3 Å². The fraction of sp³-hybridized carbons (Fsp3) is 0.150. The zero-order valence-corrected chi connectivity index (χ0v) is 14.6. The summed E-state index contributed by atoms with van der Waals surface area (Å²) in [6.07, 6.45) is -0.563. The van der Waals surface area contributed by atoms with Gasteiger partial charge in [-0.25, -0.2) is 0 Å². The highest BCUT2D eigenvalue weighted by Crippen LogP contribution is 2.33. The standard InChI is InChI=1S/C20H17N3O4/c1-11-14-5-3-4-6-15(14)20(26)23(11)10-18(24)21-13-7-8-17-16(9-13)22-19(25)12(2)27-17/h3-9,12H,1,10H2,2H3,(H,21,24)(H,22,25)/t12-/m1/s1. The first-order valence-corrected chi connectivity index (χ1v) is 8.45. The minimum Gasteiger partial charge on any atom is -0.479 e. The second-order valence-corrected chi connectivity index (χ2v) is 6.39. The zero-order valence-electron chi connectivity index (χ0n) is 14.6. The highest BCUT2D eigenvalue weighted by atomic mass is 16.5. The molecule has 2 aliphatic heterocycles. The van der Waals surface area contributed by atoms with Gasteiger partial charge in [0.05, 0.1) is 5.69 Å². The maximum atomic E-state index is 12.5. The van der Waals surface area contributed by atoms with Gasteiger partial charge in [0.2, 0.25) is 5.91 Å². The molecule has 7 nitrogen and oxygen atoms in total. The van der Waals surface area contributed by atoms with Crippen LogP contribution in [0.3, 0.4) is 0 Å². The largest absolute Gasteiger partial charge is 0.479 e. The topological polar surface area (TPSA) is 87.7 Å². The van der Waals surface area contributed by atoms with Gasteiger partial charge < -0.3 is 15.4 Å². The van der Waals surface area contributed by atoms with Crippen LogP contribution in [0.5, 0.6) is 5.75 Å². The number of nitrogens with one attached hydrogen (secondary N) is 2. The van der Waals surface area contributed by atoms with E-state index in [1.807, 2.05) is 6.07 Å². The third-order valence-corrected chi connectivity index (χ3v) is 4.54. The fourth-order valence-electron chi connectivity index (χ4n) is 3.13. The first kappa shape index (κ1) is 16.8. The van der Waals surface area contributed by atoms with Crippen molar-refractivity contribution in [2.24, 2.45) is 0 Å². The minimum atomic E-state index is -0.563. The number of hydrogen-bond donors (Lipinski definition) is 2. The van der Waals surface area contributed by atoms with Crippen molar-refractivity contribution in [3.05, 3.63) is 60.2 Å². The van der Waals surface area contributed by atoms with Crippen molar-refractivity contribution in [3.8, 4) is 5.75 Å². The van der Waals surface area contributed by atoms with Crippen LogP contribution in [0.1, 0.15) is 22.8 Å². The van der Waals surface area contributed by atoms with E-state index in [2.05, 4.69) is 17.2 Å². The van der Waals surface area contributed by atoms with E-state index in [9.17, 15) is 14.4 Å². The Balaban J connectivity index is 1.47. The van der Waals surface area contributed by atoms with Crippen LogP contribution in [0.2, 0.25) is 0 Å². The third-order valence-electron chi connectivity index (χ3n) is 4.54. The predicted molar refractivity (Wildman–Crippen MR) is 100 cm³/mol. The van der Waals surface area contributed by atoms with E-state index in [-0.39, 0.29) is 24.3 Å². The third kappa shape index (κ3) is 2.93. The Morgan fingerprint density at radius 2 is 1.96 bits per heavy atom. The van der Waals surface area contributed by atoms with Crippen molar-refractivity contribution in [3.63, 3.8) is 0 Å². The van der Waals surface area contributed by atoms with E-state index in [0.717, 1.165) is 5.56 Å². The van der Waals surface area contributed by atoms with E-state index in [1.54, 1.807) is 43.3 Å². The molecular formula is C20H17N3O4. The summed E-state index contributed by atoms with van der Waals surface area (Å²) in [7, 11) is 0. The number of amides is 3. The Morgan fingerprint density at radius 3 is 2.70 bits per heavy atom. The van der Waals surface area contributed by atoms with Crippen molar-refractivity contribution < 1.29 is 19.1 Å². The number of anilines is 2. The summed E-state index contributed by atoms with van der Waals surface area (Å²) in [4.78, 5) is 38.0. The lowest BCUT2D eigenvalue weighted by Crippen LogP contribution is -2.34. The van der Waals surface area contributed by atoms with Gasteiger partial charge in [0.25, 0.3) is 11.8 Å². The van der Waals surface area contributed by atoms with Gasteiger partial charge in [0.1, 0.15) is 12.3 Å². The molecule has 0 radical (unpaired) electrons. The lowest BCUT2D eigenvalue weighted by Gasteiger charge is -2.24. The number of nitrogens with zero attached hydrogens (tertiary/aromatic N) is 1. The smallest absolute Gasteiger partial charge is 0.265 e. The highest BCUT2D eigenvalue weighted by Gasteiger charge is 2.32. The summed E-state index contributed by atoms with van der Waals surface area (Å²) in [5.41, 5.74) is 2.76. The molecule has 0 bridgehead atoms. The van der Waals surface area contributed by atoms with Crippen molar-refractivity contribution in [1.29, 1.82) is 0 Å². The van der Waals surface area contributed by atoms with Crippen LogP contribution in [0.15, 0.2) is 49.0 Å². The molecular weight excluding hydrogens is 346 g/mol. The van der Waals surface area contributed by atoms with Crippen LogP contribution in [0.4, 0.5) is 11.4 Å². The van der Waals surface area contributed by atoms with Gasteiger partial charge in [-0.15, -0.1) is 0 Å². The van der Waals surface area contributed by atoms with Crippen LogP contribution in [0, 0.1) is 0 Å². The van der Waals surface area contributed by atoms with E-state index in [1.165, 1.54) is 4.90 Å². The normalized spacial score (nSPS) is 17.7. The molecule has 0 saturated heterocycles. The van der Waals surface area contributed by atoms with Crippen molar-refractivity contribution >= 4 is 34.8 Å². The number of rotatable bonds is 3. The highest BCUT2D eigenvalue weighted by molar-refractivity contribution is 6.11. The first-order valence-electron chi connectivity index (χ1n) is 8.45. The number of benzene rings is 2. The number of fused-ring (bicyclic) bond motifs is 2. The molecule has 2 heterocycles. The molecule has 2 aromatic rings. The maximum absolute atomic E-state index is 12.5. The van der Waals surface area contributed by atoms with Crippen LogP contribution >= 0.6 is 0 Å². The minimum absolute atomic E-state index is 0.149. The van der Waals surface area contributed by atoms with Gasteiger partial charge in [-0.05, 0) is 31.2 Å². The second kappa shape index (κ2) is 6.28. The molecule has 0 saturated carbocycles. The fourth-order valence-corrected chi connectivity index (χ4v) is 3.13. The van der Waals surface area contributed by atoms with Crippen molar-refractivity contribution in [2.45, 2.75) is 13.0 Å². The predicted octanol–water partition coefficient (Wildman–Crippen LogP) is 2.47. The molecule has 27 heavy (non-hydrogen) atoms. The van der Waals surface area contributed by atoms with Gasteiger partial charge in [-0.1, -0.05) is 24.8 Å². The molecule has 3 amide bonds. The number of carbonyl (C=O) groups excluding carboxylic acids is 3. The molecule has 0 aliphatic carbocycles. The summed E-state index contributed by atoms with van der Waals surface area (Å²) in [6.45, 7) is 5.43. The average molecular weight is 363 g/mol. The molecule has 2 N–H and O–H groups in total. The molecule has 1 atom stereocenters. The SMILES string of the molecule is C=C1c2ccccc2C(=O)N1CC(=O)Nc1ccc2c(c1)NC(=O)[C@@H](C)O2. The maximum Gasteiger partial charge on any atom is 0.265 e. The first-order chi connectivity index (χ1) is 12.9. The number of ether oxygens (including phenoxy) is 1. The Bertz CT molecular complexity index is 963. The molecule has 136 valence electrons. The van der Waals surface area contributed by atoms with Crippen LogP contribution in [-0.2, 0) is 9.59 Å². The lowest BCUT2D eigenvalue weighted by atomic mass is 10.1. The zero-order chi connectivity index (χ0) is 19.1. The summed E-state index contributed by atoms with van der Waals surface area (Å²) >= 11 is 0. The van der Waals surface area contributed by atoms with Gasteiger partial charge in [-0.2, -0.15) is 0 Å². The van der Waals surface area contributed by atoms with Gasteiger partial charge in [0.15, 0.2) is 6.10 Å². The monoisotopic (exact) mass is 363 g/mol. The molecule has 0 unspecified atom stereocenters. The van der Waals surface area contributed by atoms with Crippen LogP contribution in [0.25, 0.3) is 5.70 Å². The summed E-state index contributed by atoms with van der Waals surface area (Å²) in [5, 5.41) is 5.46. The summed E-state index contributed by atoms with van der Waals surface area (Å²) in [6, 6.07) is 12.1. The van der Waals surface area contributed by atoms with E-state index in [0.29, 0.717) is 28.4 Å². The van der Waals surface area contributed by atoms with Crippen LogP contribution < -0.4 is 15.4 Å². The molecule has 4 rings (SSSR count). The van der Waals surface area contributed by atoms with Crippen molar-refractivity contribution in [2.75, 3.05) is 17.2 Å². The Hall–Kier alpha value is -3.61. The van der Waals surface area contributed by atoms with Gasteiger partial charge >= 0.3 is 0 Å². The molecule has 0 spiro atoms. The van der Waals surface area contributed by atoms with Crippen molar-refractivity contribution in [1.82, 2.24) is 4.90 Å². The summed E-state index contributed by atoms with van der Waals surface area (Å²) in [5.74, 6) is -0.319. The molecule has 0 fully saturated rings. The van der Waals surface area contributed by atoms with E-state index >= 15 is 0 Å². The Morgan fingerprint density at radius 1 is 1.22 bits per heavy atom. The summed E-state index contributed by atoms with van der Waals surface area (Å²) < 4.78 is 5.49. The Labute approximate surface area is 155 Å². The second-order valence-electron chi connectivity index (χ2n) is 6.39. The van der Waals surface area contributed by atoms with Gasteiger partial charge in [0, 0.05) is 22.5 Å². The molecule has 2 aliphatic rings. The molecule has 7 heteroatoms. The van der Waals surface area contributed by atoms with Gasteiger partial charge in [-0.3, -0.25) is 19.3 Å². The molecule has 0 aromatic heterocycles. The van der Waals surface area contributed by atoms with E-state index < -0.39 is 6.10 Å². The molecule has 2 aromatic carbocycles. The average Bonchev–Trinajstić information content (AvgIpc) is 2.88. The number of carbonyl (C=O) groups is 3. The Kier molecular flexibility index (Phi) is 3.92. The lowest BCUT2D eigenvalue weighted by molar-refractivity contribution is -0.122. The number of hydrogen-bond acceptors (Lipinski definition) is 4.